The fourth-order valence-corrected chi connectivity index (χ4v) is 2.97. The summed E-state index contributed by atoms with van der Waals surface area (Å²) in [6, 6.07) is 4.65. The van der Waals surface area contributed by atoms with Crippen LogP contribution in [0.25, 0.3) is 11.3 Å². The van der Waals surface area contributed by atoms with Crippen molar-refractivity contribution in [1.82, 2.24) is 19.7 Å². The number of carbonyl (C=O) groups excluding carboxylic acids is 1. The van der Waals surface area contributed by atoms with Crippen molar-refractivity contribution in [3.8, 4) is 5.69 Å². The van der Waals surface area contributed by atoms with Gasteiger partial charge in [-0.1, -0.05) is 5.57 Å². The van der Waals surface area contributed by atoms with E-state index in [1.807, 2.05) is 39.5 Å². The zero-order valence-electron chi connectivity index (χ0n) is 20.6. The van der Waals surface area contributed by atoms with Crippen LogP contribution in [0.2, 0.25) is 0 Å². The Morgan fingerprint density at radius 3 is 2.18 bits per heavy atom. The lowest BCUT2D eigenvalue weighted by atomic mass is 10.2. The van der Waals surface area contributed by atoms with E-state index in [-0.39, 0.29) is 11.6 Å². The highest BCUT2D eigenvalue weighted by molar-refractivity contribution is 5.82. The number of halogens is 3. The van der Waals surface area contributed by atoms with Crippen LogP contribution in [0.15, 0.2) is 51.9 Å². The third-order valence-electron chi connectivity index (χ3n) is 4.59. The standard InChI is InChI=1S/C17H17F3N4O.C7H15NO/c1-11(2)10-21-9-8-12(3)15-22-23-16(25)24(15)14-6-4-13(5-7-14)17(18,19)20;1-5-8(6(2)3)7(4)9/h4-10H,1-3H3,(H,23,25);6H,5H2,1-4H3/b12-8+,21-9?;. The molecule has 0 unspecified atom stereocenters. The molecular formula is C24H32F3N5O2. The SMILES string of the molecule is CC(C)=CN=C/C=C(\C)c1n[nH]c(=O)n1-c1ccc(C(F)(F)F)cc1.CCN(C(C)=O)C(C)C. The second kappa shape index (κ2) is 12.7. The Bertz CT molecular complexity index is 1090. The topological polar surface area (TPSA) is 83.3 Å². The summed E-state index contributed by atoms with van der Waals surface area (Å²) in [5.41, 5.74) is 0.628. The zero-order valence-corrected chi connectivity index (χ0v) is 20.6. The Morgan fingerprint density at radius 1 is 1.18 bits per heavy atom. The fraction of sp³-hybridized carbons (Fsp3) is 0.417. The van der Waals surface area contributed by atoms with Crippen molar-refractivity contribution in [1.29, 1.82) is 0 Å². The predicted octanol–water partition coefficient (Wildman–Crippen LogP) is 5.24. The maximum Gasteiger partial charge on any atom is 0.416 e. The van der Waals surface area contributed by atoms with Gasteiger partial charge in [-0.3, -0.25) is 9.79 Å². The van der Waals surface area contributed by atoms with Crippen molar-refractivity contribution in [3.63, 3.8) is 0 Å². The molecular weight excluding hydrogens is 447 g/mol. The molecule has 1 amide bonds. The van der Waals surface area contributed by atoms with E-state index in [0.717, 1.165) is 24.3 Å². The first-order valence-electron chi connectivity index (χ1n) is 10.8. The lowest BCUT2D eigenvalue weighted by Gasteiger charge is -2.22. The number of nitrogens with zero attached hydrogens (tertiary/aromatic N) is 4. The monoisotopic (exact) mass is 479 g/mol. The number of hydrogen-bond acceptors (Lipinski definition) is 4. The molecule has 186 valence electrons. The molecule has 0 atom stereocenters. The predicted molar refractivity (Wildman–Crippen MR) is 129 cm³/mol. The molecule has 0 bridgehead atoms. The normalized spacial score (nSPS) is 11.9. The molecule has 0 aliphatic carbocycles. The van der Waals surface area contributed by atoms with Crippen LogP contribution in [-0.2, 0) is 11.0 Å². The van der Waals surface area contributed by atoms with E-state index in [0.29, 0.717) is 17.4 Å². The van der Waals surface area contributed by atoms with Gasteiger partial charge >= 0.3 is 11.9 Å². The number of H-pyrrole nitrogens is 1. The number of amides is 1. The van der Waals surface area contributed by atoms with Gasteiger partial charge in [0.1, 0.15) is 0 Å². The van der Waals surface area contributed by atoms with Gasteiger partial charge in [-0.15, -0.1) is 0 Å². The maximum absolute atomic E-state index is 12.7. The van der Waals surface area contributed by atoms with E-state index in [2.05, 4.69) is 15.2 Å². The summed E-state index contributed by atoms with van der Waals surface area (Å²) >= 11 is 0. The highest BCUT2D eigenvalue weighted by Gasteiger charge is 2.30. The number of aliphatic imine (C=N–C) groups is 1. The molecule has 0 aliphatic heterocycles. The first-order valence-corrected chi connectivity index (χ1v) is 10.8. The number of aromatic amines is 1. The lowest BCUT2D eigenvalue weighted by Crippen LogP contribution is -2.34. The van der Waals surface area contributed by atoms with Crippen LogP contribution in [-0.4, -0.2) is 44.4 Å². The van der Waals surface area contributed by atoms with E-state index in [1.54, 1.807) is 32.3 Å². The van der Waals surface area contributed by atoms with Gasteiger partial charge in [0, 0.05) is 31.9 Å². The maximum atomic E-state index is 12.7. The molecule has 2 rings (SSSR count). The molecule has 0 saturated carbocycles. The first-order chi connectivity index (χ1) is 15.8. The number of rotatable bonds is 6. The molecule has 0 fully saturated rings. The van der Waals surface area contributed by atoms with Gasteiger partial charge < -0.3 is 4.90 Å². The lowest BCUT2D eigenvalue weighted by molar-refractivity contribution is -0.137. The van der Waals surface area contributed by atoms with Crippen molar-refractivity contribution < 1.29 is 18.0 Å². The van der Waals surface area contributed by atoms with Gasteiger partial charge in [0.25, 0.3) is 0 Å². The second-order valence-electron chi connectivity index (χ2n) is 7.99. The van der Waals surface area contributed by atoms with E-state index < -0.39 is 17.4 Å². The van der Waals surface area contributed by atoms with Crippen LogP contribution in [0.4, 0.5) is 13.2 Å². The van der Waals surface area contributed by atoms with Crippen LogP contribution in [0.3, 0.4) is 0 Å². The summed E-state index contributed by atoms with van der Waals surface area (Å²) in [6.07, 6.45) is 0.464. The molecule has 10 heteroatoms. The van der Waals surface area contributed by atoms with Crippen molar-refractivity contribution >= 4 is 17.7 Å². The molecule has 34 heavy (non-hydrogen) atoms. The van der Waals surface area contributed by atoms with E-state index in [4.69, 9.17) is 0 Å². The molecule has 1 aromatic carbocycles. The third kappa shape index (κ3) is 8.49. The van der Waals surface area contributed by atoms with Crippen LogP contribution in [0, 0.1) is 0 Å². The highest BCUT2D eigenvalue weighted by atomic mass is 19.4. The molecule has 1 N–H and O–H groups in total. The van der Waals surface area contributed by atoms with Crippen LogP contribution < -0.4 is 5.69 Å². The van der Waals surface area contributed by atoms with Gasteiger partial charge in [-0.25, -0.2) is 14.5 Å². The number of aromatic nitrogens is 3. The van der Waals surface area contributed by atoms with Crippen molar-refractivity contribution in [2.24, 2.45) is 4.99 Å². The number of benzene rings is 1. The number of carbonyl (C=O) groups is 1. The van der Waals surface area contributed by atoms with Gasteiger partial charge in [-0.05, 0) is 77.5 Å². The first kappa shape index (κ1) is 28.6. The number of alkyl halides is 3. The summed E-state index contributed by atoms with van der Waals surface area (Å²) in [7, 11) is 0. The fourth-order valence-electron chi connectivity index (χ4n) is 2.97. The quantitative estimate of drug-likeness (QED) is 0.575. The minimum Gasteiger partial charge on any atom is -0.341 e. The summed E-state index contributed by atoms with van der Waals surface area (Å²) in [6.45, 7) is 14.0. The second-order valence-corrected chi connectivity index (χ2v) is 7.99. The van der Waals surface area contributed by atoms with Crippen molar-refractivity contribution in [2.45, 2.75) is 60.7 Å². The number of nitrogens with one attached hydrogen (secondary N) is 1. The molecule has 1 aromatic heterocycles. The third-order valence-corrected chi connectivity index (χ3v) is 4.59. The summed E-state index contributed by atoms with van der Waals surface area (Å²) < 4.78 is 39.2. The summed E-state index contributed by atoms with van der Waals surface area (Å²) in [5.74, 6) is 0.459. The Kier molecular flexibility index (Phi) is 10.7. The average Bonchev–Trinajstić information content (AvgIpc) is 3.12. The van der Waals surface area contributed by atoms with E-state index in [9.17, 15) is 22.8 Å². The Balaban J connectivity index is 0.000000546. The van der Waals surface area contributed by atoms with E-state index >= 15 is 0 Å². The van der Waals surface area contributed by atoms with Crippen LogP contribution in [0.1, 0.15) is 59.9 Å². The van der Waals surface area contributed by atoms with Crippen LogP contribution in [0.5, 0.6) is 0 Å². The zero-order chi connectivity index (χ0) is 26.1. The van der Waals surface area contributed by atoms with E-state index in [1.165, 1.54) is 16.7 Å². The summed E-state index contributed by atoms with van der Waals surface area (Å²) in [4.78, 5) is 28.6. The smallest absolute Gasteiger partial charge is 0.341 e. The van der Waals surface area contributed by atoms with Gasteiger partial charge in [0.05, 0.1) is 11.3 Å². The van der Waals surface area contributed by atoms with Crippen LogP contribution >= 0.6 is 0 Å². The molecule has 0 saturated heterocycles. The number of allylic oxidation sites excluding steroid dienone is 3. The average molecular weight is 480 g/mol. The molecule has 1 heterocycles. The Morgan fingerprint density at radius 2 is 1.76 bits per heavy atom. The minimum atomic E-state index is -4.43. The van der Waals surface area contributed by atoms with Gasteiger partial charge in [0.2, 0.25) is 5.91 Å². The molecule has 2 aromatic rings. The Labute approximate surface area is 197 Å². The van der Waals surface area contributed by atoms with Gasteiger partial charge in [0.15, 0.2) is 5.82 Å². The highest BCUT2D eigenvalue weighted by Crippen LogP contribution is 2.29. The molecule has 7 nitrogen and oxygen atoms in total. The number of hydrogen-bond donors (Lipinski definition) is 1. The Hall–Kier alpha value is -3.43. The summed E-state index contributed by atoms with van der Waals surface area (Å²) in [5, 5.41) is 6.24. The molecule has 0 radical (unpaired) electrons. The minimum absolute atomic E-state index is 0.160. The van der Waals surface area contributed by atoms with Gasteiger partial charge in [-0.2, -0.15) is 18.3 Å². The van der Waals surface area contributed by atoms with Crippen molar-refractivity contribution in [3.05, 3.63) is 64.0 Å². The van der Waals surface area contributed by atoms with Crippen molar-refractivity contribution in [2.75, 3.05) is 6.54 Å². The molecule has 0 aliphatic rings. The molecule has 0 spiro atoms. The largest absolute Gasteiger partial charge is 0.416 e.